The largest absolute Gasteiger partial charge is 0.307 e. The number of nitrogens with zero attached hydrogens (tertiary/aromatic N) is 6. The van der Waals surface area contributed by atoms with E-state index in [-0.39, 0.29) is 5.56 Å². The monoisotopic (exact) mass is 378 g/mol. The van der Waals surface area contributed by atoms with Gasteiger partial charge in [0.15, 0.2) is 0 Å². The lowest BCUT2D eigenvalue weighted by molar-refractivity contribution is 0.122. The van der Waals surface area contributed by atoms with E-state index in [0.717, 1.165) is 81.1 Å². The summed E-state index contributed by atoms with van der Waals surface area (Å²) >= 11 is 0. The minimum absolute atomic E-state index is 0.0473. The Hall–Kier alpha value is -2.51. The highest BCUT2D eigenvalue weighted by atomic mass is 16.1. The Labute approximate surface area is 164 Å². The van der Waals surface area contributed by atoms with Crippen LogP contribution >= 0.6 is 0 Å². The molecule has 3 aromatic heterocycles. The number of piperazine rings is 1. The zero-order chi connectivity index (χ0) is 18.9. The van der Waals surface area contributed by atoms with Crippen LogP contribution in [0.2, 0.25) is 0 Å². The molecule has 3 aromatic rings. The van der Waals surface area contributed by atoms with Crippen LogP contribution in [0.3, 0.4) is 0 Å². The summed E-state index contributed by atoms with van der Waals surface area (Å²) in [5, 5.41) is 4.59. The fourth-order valence-electron chi connectivity index (χ4n) is 4.30. The first-order valence-electron chi connectivity index (χ1n) is 10.2. The van der Waals surface area contributed by atoms with Crippen LogP contribution in [-0.2, 0) is 25.9 Å². The van der Waals surface area contributed by atoms with Crippen molar-refractivity contribution < 1.29 is 0 Å². The highest BCUT2D eigenvalue weighted by Gasteiger charge is 2.19. The Morgan fingerprint density at radius 1 is 1.00 bits per heavy atom. The molecule has 4 heterocycles. The van der Waals surface area contributed by atoms with Gasteiger partial charge in [-0.05, 0) is 37.0 Å². The number of pyridine rings is 1. The van der Waals surface area contributed by atoms with Gasteiger partial charge in [-0.2, -0.15) is 5.10 Å². The van der Waals surface area contributed by atoms with Crippen LogP contribution in [0.5, 0.6) is 0 Å². The smallest absolute Gasteiger partial charge is 0.267 e. The first-order valence-corrected chi connectivity index (χ1v) is 10.2. The average molecular weight is 378 g/mol. The third-order valence-electron chi connectivity index (χ3n) is 5.92. The molecule has 28 heavy (non-hydrogen) atoms. The summed E-state index contributed by atoms with van der Waals surface area (Å²) in [5.41, 5.74) is 4.45. The maximum absolute atomic E-state index is 12.2. The standard InChI is InChI=1S/C21H26N6O/c28-21-14-17-4-3-5-19(17)23-27(21)13-12-24-8-10-25(11-9-24)15-18-16-26-7-2-1-6-20(26)22-18/h1-2,6-7,14,16H,3-5,8-13,15H2. The molecule has 0 aromatic carbocycles. The van der Waals surface area contributed by atoms with E-state index in [4.69, 9.17) is 4.98 Å². The second-order valence-corrected chi connectivity index (χ2v) is 7.85. The predicted octanol–water partition coefficient (Wildman–Crippen LogP) is 1.20. The second-order valence-electron chi connectivity index (χ2n) is 7.85. The molecule has 0 bridgehead atoms. The number of aryl methyl sites for hydroxylation is 2. The topological polar surface area (TPSA) is 58.7 Å². The van der Waals surface area contributed by atoms with Gasteiger partial charge in [0.1, 0.15) is 5.65 Å². The highest BCUT2D eigenvalue weighted by molar-refractivity contribution is 5.39. The SMILES string of the molecule is O=c1cc2c(nn1CCN1CCN(Cc3cn4ccccc4n3)CC1)CCC2. The van der Waals surface area contributed by atoms with E-state index in [1.807, 2.05) is 24.4 Å². The summed E-state index contributed by atoms with van der Waals surface area (Å²) in [6.45, 7) is 6.55. The maximum Gasteiger partial charge on any atom is 0.267 e. The van der Waals surface area contributed by atoms with Crippen molar-refractivity contribution in [2.45, 2.75) is 32.4 Å². The minimum Gasteiger partial charge on any atom is -0.307 e. The lowest BCUT2D eigenvalue weighted by Crippen LogP contribution is -2.47. The van der Waals surface area contributed by atoms with Gasteiger partial charge in [-0.15, -0.1) is 0 Å². The van der Waals surface area contributed by atoms with Crippen LogP contribution in [0, 0.1) is 0 Å². The van der Waals surface area contributed by atoms with E-state index in [1.54, 1.807) is 10.7 Å². The van der Waals surface area contributed by atoms with Gasteiger partial charge in [0.05, 0.1) is 17.9 Å². The number of hydrogen-bond donors (Lipinski definition) is 0. The number of hydrogen-bond acceptors (Lipinski definition) is 5. The summed E-state index contributed by atoms with van der Waals surface area (Å²) in [5.74, 6) is 0. The Morgan fingerprint density at radius 3 is 2.71 bits per heavy atom. The molecule has 0 radical (unpaired) electrons. The Bertz CT molecular complexity index is 998. The fraction of sp³-hybridized carbons (Fsp3) is 0.476. The second kappa shape index (κ2) is 7.48. The van der Waals surface area contributed by atoms with Gasteiger partial charge in [-0.25, -0.2) is 9.67 Å². The van der Waals surface area contributed by atoms with Crippen LogP contribution in [0.4, 0.5) is 0 Å². The molecule has 0 N–H and O–H groups in total. The van der Waals surface area contributed by atoms with Gasteiger partial charge in [0, 0.05) is 57.7 Å². The molecular formula is C21H26N6O. The fourth-order valence-corrected chi connectivity index (χ4v) is 4.30. The van der Waals surface area contributed by atoms with Crippen molar-refractivity contribution in [2.24, 2.45) is 0 Å². The third kappa shape index (κ3) is 3.59. The van der Waals surface area contributed by atoms with Gasteiger partial charge in [0.25, 0.3) is 5.56 Å². The predicted molar refractivity (Wildman–Crippen MR) is 107 cm³/mol. The van der Waals surface area contributed by atoms with Gasteiger partial charge < -0.3 is 4.40 Å². The number of imidazole rings is 1. The summed E-state index contributed by atoms with van der Waals surface area (Å²) in [7, 11) is 0. The third-order valence-corrected chi connectivity index (χ3v) is 5.92. The highest BCUT2D eigenvalue weighted by Crippen LogP contribution is 2.17. The van der Waals surface area contributed by atoms with E-state index in [2.05, 4.69) is 25.5 Å². The number of fused-ring (bicyclic) bond motifs is 2. The van der Waals surface area contributed by atoms with Crippen molar-refractivity contribution in [3.05, 3.63) is 64.0 Å². The first kappa shape index (κ1) is 17.6. The van der Waals surface area contributed by atoms with Crippen molar-refractivity contribution in [3.8, 4) is 0 Å². The molecule has 7 heteroatoms. The van der Waals surface area contributed by atoms with E-state index in [1.165, 1.54) is 0 Å². The molecular weight excluding hydrogens is 352 g/mol. The maximum atomic E-state index is 12.2. The quantitative estimate of drug-likeness (QED) is 0.668. The van der Waals surface area contributed by atoms with Crippen molar-refractivity contribution >= 4 is 5.65 Å². The molecule has 0 saturated carbocycles. The van der Waals surface area contributed by atoms with Crippen molar-refractivity contribution in [1.82, 2.24) is 29.0 Å². The molecule has 2 aliphatic rings. The van der Waals surface area contributed by atoms with E-state index in [9.17, 15) is 4.79 Å². The van der Waals surface area contributed by atoms with Gasteiger partial charge in [-0.3, -0.25) is 14.6 Å². The normalized spacial score (nSPS) is 18.0. The van der Waals surface area contributed by atoms with E-state index >= 15 is 0 Å². The molecule has 1 fully saturated rings. The minimum atomic E-state index is 0.0473. The molecule has 5 rings (SSSR count). The Morgan fingerprint density at radius 2 is 1.86 bits per heavy atom. The molecule has 0 atom stereocenters. The Kier molecular flexibility index (Phi) is 4.70. The zero-order valence-corrected chi connectivity index (χ0v) is 16.1. The van der Waals surface area contributed by atoms with Crippen LogP contribution in [0.1, 0.15) is 23.4 Å². The lowest BCUT2D eigenvalue weighted by atomic mass is 10.2. The van der Waals surface area contributed by atoms with Crippen LogP contribution < -0.4 is 5.56 Å². The van der Waals surface area contributed by atoms with Gasteiger partial charge in [0.2, 0.25) is 0 Å². The molecule has 1 saturated heterocycles. The summed E-state index contributed by atoms with van der Waals surface area (Å²) in [4.78, 5) is 21.8. The Balaban J connectivity index is 1.14. The molecule has 7 nitrogen and oxygen atoms in total. The van der Waals surface area contributed by atoms with E-state index in [0.29, 0.717) is 6.54 Å². The van der Waals surface area contributed by atoms with Crippen molar-refractivity contribution in [3.63, 3.8) is 0 Å². The number of rotatable bonds is 5. The van der Waals surface area contributed by atoms with Crippen LogP contribution in [0.15, 0.2) is 41.5 Å². The van der Waals surface area contributed by atoms with E-state index < -0.39 is 0 Å². The average Bonchev–Trinajstić information content (AvgIpc) is 3.32. The van der Waals surface area contributed by atoms with Crippen LogP contribution in [-0.4, -0.2) is 61.7 Å². The molecule has 0 unspecified atom stereocenters. The van der Waals surface area contributed by atoms with Gasteiger partial charge in [-0.1, -0.05) is 6.07 Å². The lowest BCUT2D eigenvalue weighted by Gasteiger charge is -2.34. The van der Waals surface area contributed by atoms with Crippen LogP contribution in [0.25, 0.3) is 5.65 Å². The molecule has 146 valence electrons. The first-order chi connectivity index (χ1) is 13.7. The molecule has 0 amide bonds. The molecule has 1 aliphatic heterocycles. The van der Waals surface area contributed by atoms with Gasteiger partial charge >= 0.3 is 0 Å². The number of aromatic nitrogens is 4. The van der Waals surface area contributed by atoms with Crippen molar-refractivity contribution in [2.75, 3.05) is 32.7 Å². The summed E-state index contributed by atoms with van der Waals surface area (Å²) in [6, 6.07) is 7.88. The molecule has 0 spiro atoms. The summed E-state index contributed by atoms with van der Waals surface area (Å²) in [6.07, 6.45) is 7.30. The summed E-state index contributed by atoms with van der Waals surface area (Å²) < 4.78 is 3.74. The van der Waals surface area contributed by atoms with Crippen molar-refractivity contribution in [1.29, 1.82) is 0 Å². The molecule has 1 aliphatic carbocycles. The zero-order valence-electron chi connectivity index (χ0n) is 16.1.